The van der Waals surface area contributed by atoms with E-state index < -0.39 is 0 Å². The highest BCUT2D eigenvalue weighted by molar-refractivity contribution is 5.18. The Morgan fingerprint density at radius 3 is 2.73 bits per heavy atom. The third-order valence-corrected chi connectivity index (χ3v) is 1.39. The molecule has 0 aliphatic carbocycles. The maximum absolute atomic E-state index is 10.7. The van der Waals surface area contributed by atoms with E-state index in [0.29, 0.717) is 5.69 Å². The van der Waals surface area contributed by atoms with Crippen LogP contribution in [-0.4, -0.2) is 9.78 Å². The normalized spacial score (nSPS) is 10.0. The first-order valence-corrected chi connectivity index (χ1v) is 3.37. The van der Waals surface area contributed by atoms with Gasteiger partial charge in [0.05, 0.1) is 0 Å². The predicted octanol–water partition coefficient (Wildman–Crippen LogP) is 0.629. The Kier molecular flexibility index (Phi) is 1.81. The molecule has 4 heteroatoms. The highest BCUT2D eigenvalue weighted by atomic mass is 16.1. The number of H-pyrrole nitrogens is 1. The van der Waals surface area contributed by atoms with Crippen molar-refractivity contribution in [1.82, 2.24) is 9.78 Å². The Labute approximate surface area is 64.1 Å². The standard InChI is InChI=1S/C7H9N3O/c1-5(2)10-6(4-8)3-7(11)9-10/h3,5H,1-2H3,(H,9,11). The fourth-order valence-corrected chi connectivity index (χ4v) is 0.898. The van der Waals surface area contributed by atoms with Gasteiger partial charge < -0.3 is 0 Å². The molecule has 0 aromatic carbocycles. The van der Waals surface area contributed by atoms with Crippen LogP contribution >= 0.6 is 0 Å². The van der Waals surface area contributed by atoms with Gasteiger partial charge in [-0.05, 0) is 13.8 Å². The molecular formula is C7H9N3O. The van der Waals surface area contributed by atoms with Gasteiger partial charge in [0.25, 0.3) is 5.56 Å². The average Bonchev–Trinajstić information content (AvgIpc) is 2.30. The highest BCUT2D eigenvalue weighted by Crippen LogP contribution is 2.03. The van der Waals surface area contributed by atoms with Crippen molar-refractivity contribution in [3.8, 4) is 6.07 Å². The Morgan fingerprint density at radius 1 is 1.73 bits per heavy atom. The molecule has 0 bridgehead atoms. The van der Waals surface area contributed by atoms with E-state index in [4.69, 9.17) is 5.26 Å². The van der Waals surface area contributed by atoms with Crippen LogP contribution in [0.3, 0.4) is 0 Å². The lowest BCUT2D eigenvalue weighted by molar-refractivity contribution is 0.523. The molecule has 0 unspecified atom stereocenters. The van der Waals surface area contributed by atoms with Crippen molar-refractivity contribution in [2.45, 2.75) is 19.9 Å². The molecule has 1 N–H and O–H groups in total. The van der Waals surface area contributed by atoms with E-state index in [1.54, 1.807) is 4.68 Å². The first-order valence-electron chi connectivity index (χ1n) is 3.37. The second-order valence-corrected chi connectivity index (χ2v) is 2.58. The Morgan fingerprint density at radius 2 is 2.36 bits per heavy atom. The molecule has 0 aliphatic heterocycles. The highest BCUT2D eigenvalue weighted by Gasteiger charge is 2.04. The summed E-state index contributed by atoms with van der Waals surface area (Å²) in [5.74, 6) is 0. The van der Waals surface area contributed by atoms with Gasteiger partial charge in [-0.1, -0.05) is 0 Å². The minimum absolute atomic E-state index is 0.118. The van der Waals surface area contributed by atoms with Crippen molar-refractivity contribution in [2.75, 3.05) is 0 Å². The summed E-state index contributed by atoms with van der Waals surface area (Å²) in [4.78, 5) is 10.7. The lowest BCUT2D eigenvalue weighted by Crippen LogP contribution is -2.08. The van der Waals surface area contributed by atoms with E-state index in [1.165, 1.54) is 6.07 Å². The van der Waals surface area contributed by atoms with Gasteiger partial charge in [-0.2, -0.15) is 5.26 Å². The number of aromatic amines is 1. The van der Waals surface area contributed by atoms with Crippen LogP contribution in [0, 0.1) is 11.3 Å². The minimum Gasteiger partial charge on any atom is -0.272 e. The molecule has 0 spiro atoms. The lowest BCUT2D eigenvalue weighted by Gasteiger charge is -2.06. The Bertz CT molecular complexity index is 339. The van der Waals surface area contributed by atoms with Crippen LogP contribution in [-0.2, 0) is 0 Å². The molecule has 58 valence electrons. The van der Waals surface area contributed by atoms with Crippen molar-refractivity contribution in [3.63, 3.8) is 0 Å². The molecule has 0 saturated heterocycles. The van der Waals surface area contributed by atoms with Gasteiger partial charge >= 0.3 is 0 Å². The number of nitrogens with zero attached hydrogens (tertiary/aromatic N) is 2. The summed E-state index contributed by atoms with van der Waals surface area (Å²) in [5, 5.41) is 11.1. The van der Waals surface area contributed by atoms with Crippen molar-refractivity contribution in [2.24, 2.45) is 0 Å². The number of nitrogens with one attached hydrogen (secondary N) is 1. The van der Waals surface area contributed by atoms with E-state index in [9.17, 15) is 4.79 Å². The SMILES string of the molecule is CC(C)n1[nH]c(=O)cc1C#N. The van der Waals surface area contributed by atoms with Gasteiger partial charge in [0.1, 0.15) is 11.8 Å². The summed E-state index contributed by atoms with van der Waals surface area (Å²) in [6.07, 6.45) is 0. The smallest absolute Gasteiger partial charge is 0.265 e. The average molecular weight is 151 g/mol. The Hall–Kier alpha value is -1.50. The van der Waals surface area contributed by atoms with E-state index in [2.05, 4.69) is 5.10 Å². The second kappa shape index (κ2) is 2.62. The number of rotatable bonds is 1. The molecule has 1 heterocycles. The maximum atomic E-state index is 10.7. The van der Waals surface area contributed by atoms with Gasteiger partial charge in [0.15, 0.2) is 0 Å². The maximum Gasteiger partial charge on any atom is 0.265 e. The number of aromatic nitrogens is 2. The molecule has 1 rings (SSSR count). The third-order valence-electron chi connectivity index (χ3n) is 1.39. The van der Waals surface area contributed by atoms with Crippen molar-refractivity contribution in [3.05, 3.63) is 22.1 Å². The Balaban J connectivity index is 3.26. The fourth-order valence-electron chi connectivity index (χ4n) is 0.898. The number of hydrogen-bond donors (Lipinski definition) is 1. The van der Waals surface area contributed by atoms with Crippen LogP contribution in [0.5, 0.6) is 0 Å². The minimum atomic E-state index is -0.227. The molecule has 4 nitrogen and oxygen atoms in total. The van der Waals surface area contributed by atoms with E-state index in [-0.39, 0.29) is 11.6 Å². The van der Waals surface area contributed by atoms with Crippen LogP contribution in [0.1, 0.15) is 25.6 Å². The second-order valence-electron chi connectivity index (χ2n) is 2.58. The van der Waals surface area contributed by atoms with Gasteiger partial charge in [0.2, 0.25) is 0 Å². The van der Waals surface area contributed by atoms with E-state index in [1.807, 2.05) is 19.9 Å². The molecule has 0 radical (unpaired) electrons. The van der Waals surface area contributed by atoms with E-state index in [0.717, 1.165) is 0 Å². The zero-order chi connectivity index (χ0) is 8.43. The van der Waals surface area contributed by atoms with Crippen LogP contribution < -0.4 is 5.56 Å². The monoisotopic (exact) mass is 151 g/mol. The summed E-state index contributed by atoms with van der Waals surface area (Å²) in [7, 11) is 0. The van der Waals surface area contributed by atoms with Crippen molar-refractivity contribution < 1.29 is 0 Å². The summed E-state index contributed by atoms with van der Waals surface area (Å²) < 4.78 is 1.54. The van der Waals surface area contributed by atoms with E-state index >= 15 is 0 Å². The molecule has 0 saturated carbocycles. The molecule has 0 atom stereocenters. The van der Waals surface area contributed by atoms with Crippen LogP contribution in [0.25, 0.3) is 0 Å². The lowest BCUT2D eigenvalue weighted by atomic mass is 10.4. The van der Waals surface area contributed by atoms with Crippen molar-refractivity contribution in [1.29, 1.82) is 5.26 Å². The largest absolute Gasteiger partial charge is 0.272 e. The van der Waals surface area contributed by atoms with Gasteiger partial charge in [0, 0.05) is 12.1 Å². The summed E-state index contributed by atoms with van der Waals surface area (Å²) in [5.41, 5.74) is 0.153. The van der Waals surface area contributed by atoms with Crippen molar-refractivity contribution >= 4 is 0 Å². The number of nitriles is 1. The van der Waals surface area contributed by atoms with Gasteiger partial charge in [-0.25, -0.2) is 0 Å². The zero-order valence-corrected chi connectivity index (χ0v) is 6.46. The quantitative estimate of drug-likeness (QED) is 0.639. The molecule has 1 aromatic heterocycles. The van der Waals surface area contributed by atoms with Gasteiger partial charge in [-0.15, -0.1) is 0 Å². The molecule has 1 aromatic rings. The first-order chi connectivity index (χ1) is 5.15. The summed E-state index contributed by atoms with van der Waals surface area (Å²) in [6, 6.07) is 3.34. The summed E-state index contributed by atoms with van der Waals surface area (Å²) >= 11 is 0. The summed E-state index contributed by atoms with van der Waals surface area (Å²) in [6.45, 7) is 3.80. The third kappa shape index (κ3) is 1.32. The van der Waals surface area contributed by atoms with Gasteiger partial charge in [-0.3, -0.25) is 14.6 Å². The number of hydrogen-bond acceptors (Lipinski definition) is 2. The first kappa shape index (κ1) is 7.61. The molecular weight excluding hydrogens is 142 g/mol. The van der Waals surface area contributed by atoms with Crippen LogP contribution in [0.4, 0.5) is 0 Å². The van der Waals surface area contributed by atoms with Crippen LogP contribution in [0.2, 0.25) is 0 Å². The molecule has 0 aliphatic rings. The molecule has 0 amide bonds. The fraction of sp³-hybridized carbons (Fsp3) is 0.429. The van der Waals surface area contributed by atoms with Crippen LogP contribution in [0.15, 0.2) is 10.9 Å². The zero-order valence-electron chi connectivity index (χ0n) is 6.46. The molecule has 0 fully saturated rings. The predicted molar refractivity (Wildman–Crippen MR) is 40.2 cm³/mol. The molecule has 11 heavy (non-hydrogen) atoms. The topological polar surface area (TPSA) is 61.6 Å².